The van der Waals surface area contributed by atoms with Gasteiger partial charge in [-0.2, -0.15) is 0 Å². The third-order valence-electron chi connectivity index (χ3n) is 5.02. The first-order valence-electron chi connectivity index (χ1n) is 9.76. The monoisotopic (exact) mass is 393 g/mol. The average molecular weight is 393 g/mol. The van der Waals surface area contributed by atoms with Gasteiger partial charge in [-0.3, -0.25) is 4.79 Å². The molecule has 1 heterocycles. The third-order valence-corrected chi connectivity index (χ3v) is 5.02. The Morgan fingerprint density at radius 3 is 2.34 bits per heavy atom. The van der Waals surface area contributed by atoms with Crippen molar-refractivity contribution >= 4 is 29.3 Å². The minimum atomic E-state index is -0.382. The lowest BCUT2D eigenvalue weighted by atomic mass is 10.0. The maximum Gasteiger partial charge on any atom is 0.337 e. The highest BCUT2D eigenvalue weighted by molar-refractivity contribution is 6.03. The van der Waals surface area contributed by atoms with Gasteiger partial charge in [-0.15, -0.1) is 0 Å². The zero-order valence-electron chi connectivity index (χ0n) is 16.9. The maximum absolute atomic E-state index is 12.4. The van der Waals surface area contributed by atoms with E-state index in [2.05, 4.69) is 27.3 Å². The van der Waals surface area contributed by atoms with Crippen LogP contribution in [-0.4, -0.2) is 50.1 Å². The van der Waals surface area contributed by atoms with Crippen LogP contribution < -0.4 is 10.6 Å². The van der Waals surface area contributed by atoms with Crippen molar-refractivity contribution < 1.29 is 14.3 Å². The van der Waals surface area contributed by atoms with Gasteiger partial charge in [0.05, 0.1) is 24.0 Å². The number of carbonyl (C=O) groups excluding carboxylic acids is 2. The van der Waals surface area contributed by atoms with Crippen molar-refractivity contribution in [2.75, 3.05) is 37.9 Å². The largest absolute Gasteiger partial charge is 0.465 e. The molecule has 1 aliphatic heterocycles. The number of ether oxygens (including phenoxy) is 1. The molecule has 0 unspecified atom stereocenters. The number of esters is 1. The number of nitrogens with zero attached hydrogens (tertiary/aromatic N) is 1. The van der Waals surface area contributed by atoms with Gasteiger partial charge in [0.15, 0.2) is 0 Å². The number of likely N-dealkylation sites (tertiary alicyclic amines) is 1. The molecule has 1 aliphatic rings. The molecule has 2 aromatic carbocycles. The lowest BCUT2D eigenvalue weighted by Crippen LogP contribution is -2.36. The Morgan fingerprint density at radius 1 is 1.03 bits per heavy atom. The predicted molar refractivity (Wildman–Crippen MR) is 116 cm³/mol. The summed E-state index contributed by atoms with van der Waals surface area (Å²) in [6.07, 6.45) is 5.36. The van der Waals surface area contributed by atoms with Crippen LogP contribution in [-0.2, 0) is 9.53 Å². The van der Waals surface area contributed by atoms with Gasteiger partial charge < -0.3 is 20.3 Å². The first kappa shape index (κ1) is 20.6. The van der Waals surface area contributed by atoms with Crippen LogP contribution >= 0.6 is 0 Å². The van der Waals surface area contributed by atoms with E-state index in [0.29, 0.717) is 11.6 Å². The minimum Gasteiger partial charge on any atom is -0.465 e. The fourth-order valence-electron chi connectivity index (χ4n) is 3.29. The number of hydrogen-bond acceptors (Lipinski definition) is 5. The first-order chi connectivity index (χ1) is 14.0. The number of benzene rings is 2. The summed E-state index contributed by atoms with van der Waals surface area (Å²) in [6.45, 7) is 2.15. The van der Waals surface area contributed by atoms with Gasteiger partial charge in [-0.05, 0) is 68.9 Å². The van der Waals surface area contributed by atoms with Crippen molar-refractivity contribution in [3.63, 3.8) is 0 Å². The van der Waals surface area contributed by atoms with E-state index in [1.165, 1.54) is 13.2 Å². The third kappa shape index (κ3) is 5.93. The summed E-state index contributed by atoms with van der Waals surface area (Å²) in [5.41, 5.74) is 3.00. The number of amides is 1. The van der Waals surface area contributed by atoms with Crippen LogP contribution in [0.4, 0.5) is 11.4 Å². The summed E-state index contributed by atoms with van der Waals surface area (Å²) in [4.78, 5) is 26.2. The summed E-state index contributed by atoms with van der Waals surface area (Å²) in [5, 5.41) is 6.51. The Labute approximate surface area is 171 Å². The fourth-order valence-corrected chi connectivity index (χ4v) is 3.29. The fraction of sp³-hybridized carbons (Fsp3) is 0.304. The molecule has 0 radical (unpaired) electrons. The van der Waals surface area contributed by atoms with E-state index in [9.17, 15) is 9.59 Å². The van der Waals surface area contributed by atoms with Crippen LogP contribution in [0.3, 0.4) is 0 Å². The molecule has 0 bridgehead atoms. The lowest BCUT2D eigenvalue weighted by molar-refractivity contribution is -0.111. The molecule has 1 saturated heterocycles. The van der Waals surface area contributed by atoms with Gasteiger partial charge in [0, 0.05) is 12.1 Å². The molecule has 6 heteroatoms. The van der Waals surface area contributed by atoms with Crippen molar-refractivity contribution in [2.45, 2.75) is 18.9 Å². The second-order valence-corrected chi connectivity index (χ2v) is 7.20. The zero-order chi connectivity index (χ0) is 20.6. The van der Waals surface area contributed by atoms with Crippen LogP contribution in [0, 0.1) is 0 Å². The molecule has 152 valence electrons. The molecule has 3 rings (SSSR count). The molecule has 0 atom stereocenters. The van der Waals surface area contributed by atoms with E-state index in [1.54, 1.807) is 30.3 Å². The number of para-hydroxylation sites is 2. The second-order valence-electron chi connectivity index (χ2n) is 7.20. The van der Waals surface area contributed by atoms with Gasteiger partial charge in [-0.1, -0.05) is 24.3 Å². The molecule has 2 N–H and O–H groups in total. The Balaban J connectivity index is 1.60. The summed E-state index contributed by atoms with van der Waals surface area (Å²) in [7, 11) is 3.49. The van der Waals surface area contributed by atoms with Crippen molar-refractivity contribution in [1.82, 2.24) is 4.90 Å². The van der Waals surface area contributed by atoms with Gasteiger partial charge in [0.25, 0.3) is 0 Å². The van der Waals surface area contributed by atoms with Gasteiger partial charge >= 0.3 is 5.97 Å². The molecule has 1 amide bonds. The standard InChI is InChI=1S/C23H27N3O3/c1-26-15-13-19(14-16-26)24-20-5-3-4-6-21(20)25-22(27)12-9-17-7-10-18(11-8-17)23(28)29-2/h3-12,19,24H,13-16H2,1-2H3,(H,25,27). The van der Waals surface area contributed by atoms with Crippen LogP contribution in [0.15, 0.2) is 54.6 Å². The summed E-state index contributed by atoms with van der Waals surface area (Å²) < 4.78 is 4.68. The number of piperidine rings is 1. The van der Waals surface area contributed by atoms with Gasteiger partial charge in [-0.25, -0.2) is 4.79 Å². The Hall–Kier alpha value is -3.12. The van der Waals surface area contributed by atoms with E-state index < -0.39 is 0 Å². The molecule has 6 nitrogen and oxygen atoms in total. The van der Waals surface area contributed by atoms with Crippen LogP contribution in [0.1, 0.15) is 28.8 Å². The van der Waals surface area contributed by atoms with E-state index in [4.69, 9.17) is 0 Å². The first-order valence-corrected chi connectivity index (χ1v) is 9.76. The number of rotatable bonds is 6. The Bertz CT molecular complexity index is 869. The maximum atomic E-state index is 12.4. The van der Waals surface area contributed by atoms with E-state index in [1.807, 2.05) is 24.3 Å². The molecule has 29 heavy (non-hydrogen) atoms. The zero-order valence-corrected chi connectivity index (χ0v) is 16.9. The van der Waals surface area contributed by atoms with Crippen LogP contribution in [0.5, 0.6) is 0 Å². The average Bonchev–Trinajstić information content (AvgIpc) is 2.75. The predicted octanol–water partition coefficient (Wildman–Crippen LogP) is 3.63. The number of carbonyl (C=O) groups is 2. The topological polar surface area (TPSA) is 70.7 Å². The van der Waals surface area contributed by atoms with Crippen molar-refractivity contribution in [3.05, 3.63) is 65.7 Å². The highest BCUT2D eigenvalue weighted by atomic mass is 16.5. The van der Waals surface area contributed by atoms with E-state index >= 15 is 0 Å². The van der Waals surface area contributed by atoms with E-state index in [-0.39, 0.29) is 11.9 Å². The van der Waals surface area contributed by atoms with E-state index in [0.717, 1.165) is 42.9 Å². The molecule has 0 aromatic heterocycles. The van der Waals surface area contributed by atoms with Crippen LogP contribution in [0.2, 0.25) is 0 Å². The highest BCUT2D eigenvalue weighted by Crippen LogP contribution is 2.24. The quantitative estimate of drug-likeness (QED) is 0.579. The van der Waals surface area contributed by atoms with Crippen molar-refractivity contribution in [3.8, 4) is 0 Å². The molecule has 2 aromatic rings. The minimum absolute atomic E-state index is 0.209. The molecular formula is C23H27N3O3. The smallest absolute Gasteiger partial charge is 0.337 e. The van der Waals surface area contributed by atoms with Crippen molar-refractivity contribution in [2.24, 2.45) is 0 Å². The summed E-state index contributed by atoms with van der Waals surface area (Å²) in [5.74, 6) is -0.591. The number of nitrogens with one attached hydrogen (secondary N) is 2. The molecular weight excluding hydrogens is 366 g/mol. The highest BCUT2D eigenvalue weighted by Gasteiger charge is 2.17. The molecule has 0 spiro atoms. The summed E-state index contributed by atoms with van der Waals surface area (Å²) in [6, 6.07) is 15.0. The molecule has 0 saturated carbocycles. The summed E-state index contributed by atoms with van der Waals surface area (Å²) >= 11 is 0. The number of methoxy groups -OCH3 is 1. The number of hydrogen-bond donors (Lipinski definition) is 2. The van der Waals surface area contributed by atoms with Crippen LogP contribution in [0.25, 0.3) is 6.08 Å². The van der Waals surface area contributed by atoms with Gasteiger partial charge in [0.1, 0.15) is 0 Å². The second kappa shape index (κ2) is 9.89. The molecule has 1 fully saturated rings. The lowest BCUT2D eigenvalue weighted by Gasteiger charge is -2.30. The Morgan fingerprint density at radius 2 is 1.69 bits per heavy atom. The Kier molecular flexibility index (Phi) is 7.03. The number of anilines is 2. The SMILES string of the molecule is COC(=O)c1ccc(C=CC(=O)Nc2ccccc2NC2CCN(C)CC2)cc1. The van der Waals surface area contributed by atoms with Gasteiger partial charge in [0.2, 0.25) is 5.91 Å². The van der Waals surface area contributed by atoms with Crippen molar-refractivity contribution in [1.29, 1.82) is 0 Å². The molecule has 0 aliphatic carbocycles. The normalized spacial score (nSPS) is 15.2.